The number of hydrogen-bond acceptors (Lipinski definition) is 4. The first-order valence-electron chi connectivity index (χ1n) is 10.3. The molecule has 2 atom stereocenters. The molecule has 2 aromatic rings. The van der Waals surface area contributed by atoms with Crippen LogP contribution in [0.2, 0.25) is 0 Å². The number of ether oxygens (including phenoxy) is 1. The van der Waals surface area contributed by atoms with Crippen LogP contribution in [0.25, 0.3) is 5.69 Å². The van der Waals surface area contributed by atoms with E-state index in [9.17, 15) is 4.79 Å². The van der Waals surface area contributed by atoms with Crippen molar-refractivity contribution in [3.05, 3.63) is 47.3 Å². The quantitative estimate of drug-likeness (QED) is 0.778. The highest BCUT2D eigenvalue weighted by atomic mass is 16.5. The molecule has 1 aromatic heterocycles. The summed E-state index contributed by atoms with van der Waals surface area (Å²) in [5.41, 5.74) is 9.95. The van der Waals surface area contributed by atoms with Crippen LogP contribution in [-0.2, 0) is 4.74 Å². The largest absolute Gasteiger partial charge is 0.462 e. The zero-order chi connectivity index (χ0) is 18.8. The number of aromatic nitrogens is 2. The average Bonchev–Trinajstić information content (AvgIpc) is 3.46. The number of carbonyl (C=O) groups is 1. The minimum Gasteiger partial charge on any atom is -0.462 e. The van der Waals surface area contributed by atoms with E-state index in [-0.39, 0.29) is 5.97 Å². The molecular formula is C22H29N3O2. The summed E-state index contributed by atoms with van der Waals surface area (Å²) in [6, 6.07) is 8.66. The Labute approximate surface area is 160 Å². The Morgan fingerprint density at radius 1 is 1.26 bits per heavy atom. The van der Waals surface area contributed by atoms with Crippen molar-refractivity contribution in [3.8, 4) is 5.69 Å². The van der Waals surface area contributed by atoms with Gasteiger partial charge in [-0.05, 0) is 75.1 Å². The molecule has 0 unspecified atom stereocenters. The van der Waals surface area contributed by atoms with Gasteiger partial charge in [-0.15, -0.1) is 0 Å². The first-order chi connectivity index (χ1) is 13.2. The lowest BCUT2D eigenvalue weighted by Gasteiger charge is -2.28. The third-order valence-electron chi connectivity index (χ3n) is 5.97. The van der Waals surface area contributed by atoms with E-state index in [0.29, 0.717) is 29.9 Å². The van der Waals surface area contributed by atoms with E-state index in [1.165, 1.54) is 31.2 Å². The molecule has 2 aliphatic rings. The van der Waals surface area contributed by atoms with Gasteiger partial charge in [0.25, 0.3) is 0 Å². The Bertz CT molecular complexity index is 810. The molecule has 144 valence electrons. The van der Waals surface area contributed by atoms with Crippen molar-refractivity contribution in [1.82, 2.24) is 9.78 Å². The number of hydrogen-bond donors (Lipinski definition) is 1. The zero-order valence-corrected chi connectivity index (χ0v) is 16.1. The fourth-order valence-electron chi connectivity index (χ4n) is 4.40. The molecule has 1 aromatic carbocycles. The van der Waals surface area contributed by atoms with Gasteiger partial charge in [0.05, 0.1) is 24.2 Å². The number of benzene rings is 1. The molecule has 2 aliphatic carbocycles. The molecule has 0 spiro atoms. The Morgan fingerprint density at radius 3 is 2.85 bits per heavy atom. The van der Waals surface area contributed by atoms with E-state index >= 15 is 0 Å². The molecule has 2 N–H and O–H groups in total. The van der Waals surface area contributed by atoms with Gasteiger partial charge in [-0.2, -0.15) is 5.10 Å². The van der Waals surface area contributed by atoms with Gasteiger partial charge in [0, 0.05) is 5.92 Å². The van der Waals surface area contributed by atoms with Crippen LogP contribution in [-0.4, -0.2) is 28.9 Å². The van der Waals surface area contributed by atoms with Gasteiger partial charge in [-0.25, -0.2) is 9.48 Å². The maximum Gasteiger partial charge on any atom is 0.341 e. The summed E-state index contributed by atoms with van der Waals surface area (Å²) in [4.78, 5) is 12.3. The number of carbonyl (C=O) groups excluding carboxylic acids is 1. The smallest absolute Gasteiger partial charge is 0.341 e. The van der Waals surface area contributed by atoms with Gasteiger partial charge in [0.1, 0.15) is 5.56 Å². The Balaban J connectivity index is 1.65. The third-order valence-corrected chi connectivity index (χ3v) is 5.97. The number of rotatable bonds is 6. The van der Waals surface area contributed by atoms with E-state index in [1.54, 1.807) is 6.20 Å². The molecule has 5 heteroatoms. The standard InChI is InChI=1S/C22H29N3O2/c1-2-27-22(26)20-14-24-25(21(20)16-9-10-16)19-8-4-7-18(12-19)17-6-3-5-15(11-17)13-23/h4,7-8,12,14-17H,2-3,5-6,9-11,13,23H2,1H3/t15-,17-/m1/s1. The monoisotopic (exact) mass is 367 g/mol. The Hall–Kier alpha value is -2.14. The number of nitrogens with two attached hydrogens (primary N) is 1. The maximum atomic E-state index is 12.3. The lowest BCUT2D eigenvalue weighted by atomic mass is 9.78. The highest BCUT2D eigenvalue weighted by Gasteiger charge is 2.33. The SMILES string of the molecule is CCOC(=O)c1cnn(-c2cccc([C@@H]3CCC[C@@H](CN)C3)c2)c1C1CC1. The molecule has 2 saturated carbocycles. The number of esters is 1. The topological polar surface area (TPSA) is 70.1 Å². The second-order valence-electron chi connectivity index (χ2n) is 7.91. The fourth-order valence-corrected chi connectivity index (χ4v) is 4.40. The van der Waals surface area contributed by atoms with E-state index in [1.807, 2.05) is 11.6 Å². The zero-order valence-electron chi connectivity index (χ0n) is 16.1. The lowest BCUT2D eigenvalue weighted by molar-refractivity contribution is 0.0525. The van der Waals surface area contributed by atoms with Crippen molar-refractivity contribution >= 4 is 5.97 Å². The van der Waals surface area contributed by atoms with E-state index < -0.39 is 0 Å². The van der Waals surface area contributed by atoms with Crippen molar-refractivity contribution in [2.75, 3.05) is 13.2 Å². The fraction of sp³-hybridized carbons (Fsp3) is 0.545. The second-order valence-corrected chi connectivity index (χ2v) is 7.91. The summed E-state index contributed by atoms with van der Waals surface area (Å²) in [5.74, 6) is 1.35. The van der Waals surface area contributed by atoms with Crippen LogP contribution in [0.15, 0.2) is 30.5 Å². The Kier molecular flexibility index (Phi) is 5.30. The molecule has 0 radical (unpaired) electrons. The van der Waals surface area contributed by atoms with Crippen molar-refractivity contribution in [2.45, 2.75) is 57.3 Å². The maximum absolute atomic E-state index is 12.3. The van der Waals surface area contributed by atoms with Crippen LogP contribution >= 0.6 is 0 Å². The summed E-state index contributed by atoms with van der Waals surface area (Å²) in [6.45, 7) is 3.00. The van der Waals surface area contributed by atoms with Crippen molar-refractivity contribution < 1.29 is 9.53 Å². The van der Waals surface area contributed by atoms with Crippen LogP contribution in [0, 0.1) is 5.92 Å². The second kappa shape index (κ2) is 7.85. The molecule has 0 saturated heterocycles. The predicted octanol–water partition coefficient (Wildman–Crippen LogP) is 4.16. The number of nitrogens with zero attached hydrogens (tertiary/aromatic N) is 2. The summed E-state index contributed by atoms with van der Waals surface area (Å²) < 4.78 is 7.19. The molecule has 4 rings (SSSR count). The highest BCUT2D eigenvalue weighted by molar-refractivity contribution is 5.91. The molecule has 0 amide bonds. The highest BCUT2D eigenvalue weighted by Crippen LogP contribution is 2.43. The van der Waals surface area contributed by atoms with E-state index in [4.69, 9.17) is 10.5 Å². The van der Waals surface area contributed by atoms with Crippen LogP contribution in [0.1, 0.15) is 78.9 Å². The van der Waals surface area contributed by atoms with Crippen molar-refractivity contribution in [3.63, 3.8) is 0 Å². The molecule has 0 bridgehead atoms. The van der Waals surface area contributed by atoms with Crippen molar-refractivity contribution in [1.29, 1.82) is 0 Å². The van der Waals surface area contributed by atoms with Gasteiger partial charge in [-0.1, -0.05) is 18.6 Å². The van der Waals surface area contributed by atoms with Gasteiger partial charge < -0.3 is 10.5 Å². The summed E-state index contributed by atoms with van der Waals surface area (Å²) in [7, 11) is 0. The minimum atomic E-state index is -0.264. The predicted molar refractivity (Wildman–Crippen MR) is 105 cm³/mol. The normalized spacial score (nSPS) is 22.6. The van der Waals surface area contributed by atoms with Gasteiger partial charge >= 0.3 is 5.97 Å². The molecule has 5 nitrogen and oxygen atoms in total. The molecule has 2 fully saturated rings. The van der Waals surface area contributed by atoms with Crippen LogP contribution < -0.4 is 5.73 Å². The molecule has 27 heavy (non-hydrogen) atoms. The van der Waals surface area contributed by atoms with Crippen LogP contribution in [0.3, 0.4) is 0 Å². The lowest BCUT2D eigenvalue weighted by Crippen LogP contribution is -2.21. The first kappa shape index (κ1) is 18.2. The Morgan fingerprint density at radius 2 is 2.11 bits per heavy atom. The summed E-state index contributed by atoms with van der Waals surface area (Å²) in [6.07, 6.45) is 8.78. The van der Waals surface area contributed by atoms with E-state index in [0.717, 1.165) is 30.8 Å². The third kappa shape index (κ3) is 3.79. The average molecular weight is 367 g/mol. The minimum absolute atomic E-state index is 0.264. The van der Waals surface area contributed by atoms with Gasteiger partial charge in [0.2, 0.25) is 0 Å². The van der Waals surface area contributed by atoms with Crippen LogP contribution in [0.5, 0.6) is 0 Å². The first-order valence-corrected chi connectivity index (χ1v) is 10.3. The van der Waals surface area contributed by atoms with Crippen LogP contribution in [0.4, 0.5) is 0 Å². The van der Waals surface area contributed by atoms with E-state index in [2.05, 4.69) is 29.4 Å². The molecular weight excluding hydrogens is 338 g/mol. The van der Waals surface area contributed by atoms with Gasteiger partial charge in [-0.3, -0.25) is 0 Å². The van der Waals surface area contributed by atoms with Gasteiger partial charge in [0.15, 0.2) is 0 Å². The molecule has 0 aliphatic heterocycles. The molecule has 1 heterocycles. The summed E-state index contributed by atoms with van der Waals surface area (Å²) in [5, 5.41) is 4.56. The van der Waals surface area contributed by atoms with Crippen molar-refractivity contribution in [2.24, 2.45) is 11.7 Å². The summed E-state index contributed by atoms with van der Waals surface area (Å²) >= 11 is 0.